The lowest BCUT2D eigenvalue weighted by Gasteiger charge is -2.26. The molecule has 0 bridgehead atoms. The van der Waals surface area contributed by atoms with E-state index in [2.05, 4.69) is 32.2 Å². The molecule has 0 spiro atoms. The van der Waals surface area contributed by atoms with Crippen LogP contribution >= 0.6 is 0 Å². The molecule has 1 saturated heterocycles. The lowest BCUT2D eigenvalue weighted by molar-refractivity contribution is 0.0940. The topological polar surface area (TPSA) is 79.8 Å². The van der Waals surface area contributed by atoms with E-state index >= 15 is 0 Å². The van der Waals surface area contributed by atoms with E-state index in [4.69, 9.17) is 14.5 Å². The van der Waals surface area contributed by atoms with Crippen LogP contribution in [-0.2, 0) is 13.0 Å². The number of piperidine rings is 1. The van der Waals surface area contributed by atoms with Gasteiger partial charge in [0.15, 0.2) is 0 Å². The quantitative estimate of drug-likeness (QED) is 0.489. The van der Waals surface area contributed by atoms with Crippen molar-refractivity contribution in [2.24, 2.45) is 0 Å². The number of fused-ring (bicyclic) bond motifs is 1. The van der Waals surface area contributed by atoms with Gasteiger partial charge in [0.25, 0.3) is 5.91 Å². The third-order valence-electron chi connectivity index (χ3n) is 6.81. The Bertz CT molecular complexity index is 1180. The van der Waals surface area contributed by atoms with Gasteiger partial charge in [0.2, 0.25) is 11.8 Å². The second-order valence-corrected chi connectivity index (χ2v) is 9.21. The van der Waals surface area contributed by atoms with Gasteiger partial charge in [-0.15, -0.1) is 0 Å². The van der Waals surface area contributed by atoms with Gasteiger partial charge in [-0.05, 0) is 61.7 Å². The van der Waals surface area contributed by atoms with Crippen LogP contribution in [0.15, 0.2) is 54.7 Å². The number of nitrogens with zero attached hydrogens (tertiary/aromatic N) is 4. The highest BCUT2D eigenvalue weighted by Gasteiger charge is 2.25. The highest BCUT2D eigenvalue weighted by atomic mass is 16.5. The number of amides is 1. The minimum absolute atomic E-state index is 0.217. The van der Waals surface area contributed by atoms with Crippen LogP contribution in [0.25, 0.3) is 0 Å². The smallest absolute Gasteiger partial charge is 0.258 e. The monoisotopic (exact) mass is 487 g/mol. The Balaban J connectivity index is 1.33. The second kappa shape index (κ2) is 11.4. The third kappa shape index (κ3) is 5.60. The van der Waals surface area contributed by atoms with E-state index in [1.807, 2.05) is 36.4 Å². The summed E-state index contributed by atoms with van der Waals surface area (Å²) >= 11 is 0. The van der Waals surface area contributed by atoms with Crippen molar-refractivity contribution in [3.05, 3.63) is 71.4 Å². The average Bonchev–Trinajstić information content (AvgIpc) is 3.37. The number of carbonyl (C=O) groups excluding carboxylic acids is 1. The summed E-state index contributed by atoms with van der Waals surface area (Å²) in [6.45, 7) is 4.70. The maximum atomic E-state index is 13.1. The number of anilines is 2. The van der Waals surface area contributed by atoms with Crippen LogP contribution in [0.1, 0.15) is 40.7 Å². The number of nitrogens with one attached hydrogen (secondary N) is 1. The molecule has 8 nitrogen and oxygen atoms in total. The van der Waals surface area contributed by atoms with E-state index in [1.54, 1.807) is 13.3 Å². The number of methoxy groups -OCH3 is 1. The molecule has 0 saturated carbocycles. The Labute approximate surface area is 212 Å². The summed E-state index contributed by atoms with van der Waals surface area (Å²) in [5.41, 5.74) is 3.66. The molecule has 3 heterocycles. The maximum Gasteiger partial charge on any atom is 0.258 e. The molecule has 0 atom stereocenters. The van der Waals surface area contributed by atoms with Gasteiger partial charge in [0.1, 0.15) is 17.9 Å². The fraction of sp³-hybridized carbons (Fsp3) is 0.393. The van der Waals surface area contributed by atoms with E-state index in [0.29, 0.717) is 18.1 Å². The summed E-state index contributed by atoms with van der Waals surface area (Å²) in [4.78, 5) is 26.9. The van der Waals surface area contributed by atoms with Crippen LogP contribution in [0.2, 0.25) is 0 Å². The second-order valence-electron chi connectivity index (χ2n) is 9.21. The van der Waals surface area contributed by atoms with Gasteiger partial charge in [-0.25, -0.2) is 4.98 Å². The van der Waals surface area contributed by atoms with Gasteiger partial charge < -0.3 is 24.6 Å². The SMILES string of the molecule is COc1ccc(COc2nc(N3CCc4ccccc43)ncc2C(=O)NCCN2CCCCC2)cc1. The molecule has 2 aliphatic heterocycles. The molecular formula is C28H33N5O3. The minimum atomic E-state index is -0.217. The van der Waals surface area contributed by atoms with Crippen molar-refractivity contribution in [1.29, 1.82) is 0 Å². The number of carbonyl (C=O) groups is 1. The molecule has 36 heavy (non-hydrogen) atoms. The fourth-order valence-corrected chi connectivity index (χ4v) is 4.78. The van der Waals surface area contributed by atoms with Crippen LogP contribution in [0.5, 0.6) is 11.6 Å². The zero-order chi connectivity index (χ0) is 24.7. The summed E-state index contributed by atoms with van der Waals surface area (Å²) < 4.78 is 11.4. The molecule has 5 rings (SSSR count). The van der Waals surface area contributed by atoms with Crippen molar-refractivity contribution in [3.63, 3.8) is 0 Å². The van der Waals surface area contributed by atoms with Crippen molar-refractivity contribution in [2.45, 2.75) is 32.3 Å². The Morgan fingerprint density at radius 2 is 1.83 bits per heavy atom. The number of hydrogen-bond acceptors (Lipinski definition) is 7. The number of hydrogen-bond donors (Lipinski definition) is 1. The normalized spacial score (nSPS) is 15.4. The molecule has 0 radical (unpaired) electrons. The van der Waals surface area contributed by atoms with E-state index in [0.717, 1.165) is 49.6 Å². The molecule has 3 aromatic rings. The molecule has 1 amide bonds. The van der Waals surface area contributed by atoms with Gasteiger partial charge in [0.05, 0.1) is 7.11 Å². The summed E-state index contributed by atoms with van der Waals surface area (Å²) in [6.07, 6.45) is 6.27. The molecule has 2 aliphatic rings. The summed E-state index contributed by atoms with van der Waals surface area (Å²) in [6, 6.07) is 15.9. The predicted octanol–water partition coefficient (Wildman–Crippen LogP) is 3.97. The van der Waals surface area contributed by atoms with Crippen LogP contribution in [0, 0.1) is 0 Å². The standard InChI is InChI=1S/C28H33N5O3/c1-35-23-11-9-21(10-12-23)20-36-27-24(26(34)29-14-18-32-15-5-2-6-16-32)19-30-28(31-27)33-17-13-22-7-3-4-8-25(22)33/h3-4,7-12,19H,2,5-6,13-18,20H2,1H3,(H,29,34). The largest absolute Gasteiger partial charge is 0.497 e. The third-order valence-corrected chi connectivity index (χ3v) is 6.81. The van der Waals surface area contributed by atoms with Gasteiger partial charge in [-0.1, -0.05) is 36.8 Å². The summed E-state index contributed by atoms with van der Waals surface area (Å²) in [5, 5.41) is 3.03. The molecule has 8 heteroatoms. The molecule has 0 unspecified atom stereocenters. The van der Waals surface area contributed by atoms with Gasteiger partial charge in [0, 0.05) is 31.5 Å². The Morgan fingerprint density at radius 3 is 2.64 bits per heavy atom. The van der Waals surface area contributed by atoms with Crippen LogP contribution in [-0.4, -0.2) is 60.6 Å². The molecule has 0 aliphatic carbocycles. The van der Waals surface area contributed by atoms with Gasteiger partial charge in [-0.2, -0.15) is 4.98 Å². The van der Waals surface area contributed by atoms with Crippen molar-refractivity contribution in [3.8, 4) is 11.6 Å². The summed E-state index contributed by atoms with van der Waals surface area (Å²) in [5.74, 6) is 1.39. The van der Waals surface area contributed by atoms with E-state index in [9.17, 15) is 4.79 Å². The van der Waals surface area contributed by atoms with Crippen molar-refractivity contribution >= 4 is 17.5 Å². The van der Waals surface area contributed by atoms with Crippen molar-refractivity contribution in [2.75, 3.05) is 44.7 Å². The molecule has 2 aromatic carbocycles. The van der Waals surface area contributed by atoms with Gasteiger partial charge >= 0.3 is 0 Å². The first kappa shape index (κ1) is 24.1. The van der Waals surface area contributed by atoms with Gasteiger partial charge in [-0.3, -0.25) is 4.79 Å². The Morgan fingerprint density at radius 1 is 1.03 bits per heavy atom. The zero-order valence-corrected chi connectivity index (χ0v) is 20.8. The number of likely N-dealkylation sites (tertiary alicyclic amines) is 1. The first-order valence-corrected chi connectivity index (χ1v) is 12.7. The lowest BCUT2D eigenvalue weighted by Crippen LogP contribution is -2.37. The lowest BCUT2D eigenvalue weighted by atomic mass is 10.1. The Kier molecular flexibility index (Phi) is 7.61. The number of rotatable bonds is 9. The maximum absolute atomic E-state index is 13.1. The molecule has 1 N–H and O–H groups in total. The van der Waals surface area contributed by atoms with Crippen molar-refractivity contribution in [1.82, 2.24) is 20.2 Å². The van der Waals surface area contributed by atoms with Crippen LogP contribution in [0.4, 0.5) is 11.6 Å². The van der Waals surface area contributed by atoms with E-state index in [1.165, 1.54) is 24.8 Å². The van der Waals surface area contributed by atoms with E-state index < -0.39 is 0 Å². The van der Waals surface area contributed by atoms with E-state index in [-0.39, 0.29) is 18.4 Å². The first-order valence-electron chi connectivity index (χ1n) is 12.7. The summed E-state index contributed by atoms with van der Waals surface area (Å²) in [7, 11) is 1.64. The highest BCUT2D eigenvalue weighted by Crippen LogP contribution is 2.33. The van der Waals surface area contributed by atoms with Crippen LogP contribution in [0.3, 0.4) is 0 Å². The number of aromatic nitrogens is 2. The highest BCUT2D eigenvalue weighted by molar-refractivity contribution is 5.96. The predicted molar refractivity (Wildman–Crippen MR) is 139 cm³/mol. The average molecular weight is 488 g/mol. The molecule has 1 fully saturated rings. The molecular weight excluding hydrogens is 454 g/mol. The van der Waals surface area contributed by atoms with Crippen LogP contribution < -0.4 is 19.7 Å². The number of benzene rings is 2. The minimum Gasteiger partial charge on any atom is -0.497 e. The van der Waals surface area contributed by atoms with Crippen molar-refractivity contribution < 1.29 is 14.3 Å². The Hall–Kier alpha value is -3.65. The number of para-hydroxylation sites is 1. The fourth-order valence-electron chi connectivity index (χ4n) is 4.78. The number of ether oxygens (including phenoxy) is 2. The molecule has 1 aromatic heterocycles. The molecule has 188 valence electrons. The zero-order valence-electron chi connectivity index (χ0n) is 20.8. The first-order chi connectivity index (χ1) is 17.7.